The maximum Gasteiger partial charge on any atom is 0.243 e. The number of carbonyl (C=O) groups is 1. The third-order valence-corrected chi connectivity index (χ3v) is 2.93. The van der Waals surface area contributed by atoms with Gasteiger partial charge in [0, 0.05) is 10.6 Å². The first-order valence-electron chi connectivity index (χ1n) is 5.05. The van der Waals surface area contributed by atoms with E-state index in [0.717, 1.165) is 0 Å². The maximum atomic E-state index is 12.0. The molecule has 0 aliphatic rings. The summed E-state index contributed by atoms with van der Waals surface area (Å²) in [5.41, 5.74) is 0.493. The van der Waals surface area contributed by atoms with Crippen LogP contribution in [0.3, 0.4) is 0 Å². The van der Waals surface area contributed by atoms with Gasteiger partial charge in [-0.3, -0.25) is 4.79 Å². The molecule has 0 bridgehead atoms. The first-order valence-corrected chi connectivity index (χ1v) is 5.81. The highest BCUT2D eigenvalue weighted by Gasteiger charge is 2.14. The fraction of sp³-hybridized carbons (Fsp3) is 0.167. The fourth-order valence-corrected chi connectivity index (χ4v) is 2.08. The number of imidazole rings is 1. The molecular formula is C12H11Cl3N2O. The van der Waals surface area contributed by atoms with Crippen LogP contribution in [0.25, 0.3) is 0 Å². The topological polar surface area (TPSA) is 25.9 Å². The van der Waals surface area contributed by atoms with Crippen LogP contribution in [0.2, 0.25) is 10.0 Å². The minimum atomic E-state index is -0.0390. The highest BCUT2D eigenvalue weighted by Crippen LogP contribution is 2.21. The quantitative estimate of drug-likeness (QED) is 0.555. The second kappa shape index (κ2) is 6.23. The third-order valence-electron chi connectivity index (χ3n) is 2.38. The molecule has 0 saturated heterocycles. The van der Waals surface area contributed by atoms with Gasteiger partial charge in [0.05, 0.1) is 12.1 Å². The van der Waals surface area contributed by atoms with Crippen molar-refractivity contribution < 1.29 is 21.8 Å². The first-order chi connectivity index (χ1) is 8.06. The molecule has 0 unspecified atom stereocenters. The van der Waals surface area contributed by atoms with Crippen molar-refractivity contribution in [2.45, 2.75) is 6.54 Å². The number of aromatic nitrogens is 2. The minimum absolute atomic E-state index is 0. The molecule has 0 atom stereocenters. The van der Waals surface area contributed by atoms with E-state index in [4.69, 9.17) is 23.2 Å². The molecule has 0 radical (unpaired) electrons. The van der Waals surface area contributed by atoms with Crippen molar-refractivity contribution in [3.8, 4) is 0 Å². The van der Waals surface area contributed by atoms with Crippen LogP contribution in [0.1, 0.15) is 10.4 Å². The van der Waals surface area contributed by atoms with Crippen molar-refractivity contribution in [2.24, 2.45) is 7.05 Å². The predicted molar refractivity (Wildman–Crippen MR) is 66.4 cm³/mol. The van der Waals surface area contributed by atoms with Crippen molar-refractivity contribution in [1.29, 1.82) is 0 Å². The van der Waals surface area contributed by atoms with Crippen LogP contribution in [0.15, 0.2) is 36.9 Å². The van der Waals surface area contributed by atoms with Crippen LogP contribution < -0.4 is 17.0 Å². The van der Waals surface area contributed by atoms with Gasteiger partial charge in [0.2, 0.25) is 12.1 Å². The van der Waals surface area contributed by atoms with Gasteiger partial charge < -0.3 is 12.4 Å². The lowest BCUT2D eigenvalue weighted by Gasteiger charge is -2.02. The van der Waals surface area contributed by atoms with Gasteiger partial charge in [0.1, 0.15) is 12.4 Å². The SMILES string of the molecule is C[n+]1ccn(CC(=O)c2ccc(Cl)cc2Cl)c1.[Cl-]. The molecule has 0 fully saturated rings. The molecule has 0 amide bonds. The Kier molecular flexibility index (Phi) is 5.20. The van der Waals surface area contributed by atoms with Gasteiger partial charge in [0.15, 0.2) is 6.54 Å². The van der Waals surface area contributed by atoms with E-state index >= 15 is 0 Å². The van der Waals surface area contributed by atoms with E-state index in [1.807, 2.05) is 30.3 Å². The first kappa shape index (κ1) is 15.0. The van der Waals surface area contributed by atoms with Crippen LogP contribution in [0.5, 0.6) is 0 Å². The van der Waals surface area contributed by atoms with Gasteiger partial charge in [-0.2, -0.15) is 0 Å². The summed E-state index contributed by atoms with van der Waals surface area (Å²) in [6.07, 6.45) is 5.54. The number of carbonyl (C=O) groups excluding carboxylic acids is 1. The lowest BCUT2D eigenvalue weighted by atomic mass is 10.1. The Balaban J connectivity index is 0.00000162. The zero-order valence-electron chi connectivity index (χ0n) is 9.61. The molecule has 1 aromatic heterocycles. The zero-order chi connectivity index (χ0) is 12.4. The van der Waals surface area contributed by atoms with E-state index in [-0.39, 0.29) is 24.7 Å². The van der Waals surface area contributed by atoms with Crippen molar-refractivity contribution in [2.75, 3.05) is 0 Å². The summed E-state index contributed by atoms with van der Waals surface area (Å²) in [7, 11) is 1.90. The summed E-state index contributed by atoms with van der Waals surface area (Å²) in [5.74, 6) is -0.0390. The number of aryl methyl sites for hydroxylation is 1. The van der Waals surface area contributed by atoms with Gasteiger partial charge in [0.25, 0.3) is 0 Å². The standard InChI is InChI=1S/C12H11Cl2N2O.ClH/c1-15-4-5-16(8-15)7-12(17)10-3-2-9(13)6-11(10)14;/h2-6,8H,7H2,1H3;1H/q+1;/p-1. The van der Waals surface area contributed by atoms with E-state index in [1.54, 1.807) is 22.8 Å². The lowest BCUT2D eigenvalue weighted by Crippen LogP contribution is -3.00. The highest BCUT2D eigenvalue weighted by molar-refractivity contribution is 6.36. The zero-order valence-corrected chi connectivity index (χ0v) is 11.9. The molecule has 0 spiro atoms. The smallest absolute Gasteiger partial charge is 0.243 e. The summed E-state index contributed by atoms with van der Waals surface area (Å²) >= 11 is 11.8. The molecule has 0 aliphatic heterocycles. The lowest BCUT2D eigenvalue weighted by molar-refractivity contribution is -0.671. The molecule has 18 heavy (non-hydrogen) atoms. The normalized spacial score (nSPS) is 9.94. The van der Waals surface area contributed by atoms with Gasteiger partial charge in [-0.1, -0.05) is 23.2 Å². The van der Waals surface area contributed by atoms with Crippen LogP contribution in [0, 0.1) is 0 Å². The maximum absolute atomic E-state index is 12.0. The monoisotopic (exact) mass is 304 g/mol. The minimum Gasteiger partial charge on any atom is -1.00 e. The Hall–Kier alpha value is -1.03. The molecule has 0 aliphatic carbocycles. The second-order valence-corrected chi connectivity index (χ2v) is 4.64. The Morgan fingerprint density at radius 3 is 2.67 bits per heavy atom. The Bertz CT molecular complexity index is 566. The van der Waals surface area contributed by atoms with Crippen molar-refractivity contribution in [1.82, 2.24) is 4.57 Å². The van der Waals surface area contributed by atoms with E-state index < -0.39 is 0 Å². The van der Waals surface area contributed by atoms with Gasteiger partial charge in [-0.25, -0.2) is 9.13 Å². The summed E-state index contributed by atoms with van der Waals surface area (Å²) < 4.78 is 3.67. The van der Waals surface area contributed by atoms with Gasteiger partial charge in [-0.15, -0.1) is 0 Å². The summed E-state index contributed by atoms with van der Waals surface area (Å²) in [6, 6.07) is 4.89. The molecule has 1 heterocycles. The number of ketones is 1. The van der Waals surface area contributed by atoms with Gasteiger partial charge in [-0.05, 0) is 18.2 Å². The highest BCUT2D eigenvalue weighted by atomic mass is 35.5. The average Bonchev–Trinajstić information content (AvgIpc) is 2.63. The number of Topliss-reactive ketones (excluding diaryl/α,β-unsaturated/α-hetero) is 1. The van der Waals surface area contributed by atoms with E-state index in [9.17, 15) is 4.79 Å². The average molecular weight is 306 g/mol. The molecule has 2 rings (SSSR count). The van der Waals surface area contributed by atoms with Gasteiger partial charge >= 0.3 is 0 Å². The molecule has 0 N–H and O–H groups in total. The fourth-order valence-electron chi connectivity index (χ4n) is 1.56. The van der Waals surface area contributed by atoms with E-state index in [2.05, 4.69) is 0 Å². The summed E-state index contributed by atoms with van der Waals surface area (Å²) in [4.78, 5) is 12.0. The Morgan fingerprint density at radius 1 is 1.39 bits per heavy atom. The van der Waals surface area contributed by atoms with Crippen LogP contribution >= 0.6 is 23.2 Å². The number of hydrogen-bond acceptors (Lipinski definition) is 1. The molecule has 0 saturated carbocycles. The Morgan fingerprint density at radius 2 is 2.11 bits per heavy atom. The Labute approximate surface area is 121 Å². The third kappa shape index (κ3) is 3.48. The number of halogens is 3. The summed E-state index contributed by atoms with van der Waals surface area (Å²) in [5, 5.41) is 0.915. The van der Waals surface area contributed by atoms with Crippen molar-refractivity contribution >= 4 is 29.0 Å². The van der Waals surface area contributed by atoms with E-state index in [0.29, 0.717) is 15.6 Å². The number of benzene rings is 1. The van der Waals surface area contributed by atoms with Crippen LogP contribution in [0.4, 0.5) is 0 Å². The molecular weight excluding hydrogens is 295 g/mol. The van der Waals surface area contributed by atoms with E-state index in [1.165, 1.54) is 0 Å². The number of hydrogen-bond donors (Lipinski definition) is 0. The van der Waals surface area contributed by atoms with Crippen molar-refractivity contribution in [3.63, 3.8) is 0 Å². The number of rotatable bonds is 3. The molecule has 6 heteroatoms. The predicted octanol–water partition coefficient (Wildman–Crippen LogP) is -0.494. The second-order valence-electron chi connectivity index (χ2n) is 3.80. The van der Waals surface area contributed by atoms with Crippen molar-refractivity contribution in [3.05, 3.63) is 52.5 Å². The molecule has 2 aromatic rings. The number of nitrogens with zero attached hydrogens (tertiary/aromatic N) is 2. The van der Waals surface area contributed by atoms with Crippen LogP contribution in [-0.4, -0.2) is 10.4 Å². The van der Waals surface area contributed by atoms with Crippen LogP contribution in [-0.2, 0) is 13.6 Å². The summed E-state index contributed by atoms with van der Waals surface area (Å²) in [6.45, 7) is 0.266. The molecule has 96 valence electrons. The molecule has 3 nitrogen and oxygen atoms in total. The largest absolute Gasteiger partial charge is 1.00 e. The molecule has 1 aromatic carbocycles.